The SMILES string of the molecule is COc1ccc(C(=O)NC(C)CCCO)c(N)c1. The van der Waals surface area contributed by atoms with Crippen LogP contribution in [0.3, 0.4) is 0 Å². The van der Waals surface area contributed by atoms with Gasteiger partial charge >= 0.3 is 0 Å². The molecule has 1 amide bonds. The summed E-state index contributed by atoms with van der Waals surface area (Å²) >= 11 is 0. The number of hydrogen-bond donors (Lipinski definition) is 3. The van der Waals surface area contributed by atoms with Crippen molar-refractivity contribution in [3.05, 3.63) is 23.8 Å². The number of rotatable bonds is 6. The molecule has 0 radical (unpaired) electrons. The van der Waals surface area contributed by atoms with E-state index < -0.39 is 0 Å². The number of aliphatic hydroxyl groups excluding tert-OH is 1. The Balaban J connectivity index is 2.66. The molecule has 0 aromatic heterocycles. The summed E-state index contributed by atoms with van der Waals surface area (Å²) in [6.07, 6.45) is 1.40. The molecular weight excluding hydrogens is 232 g/mol. The van der Waals surface area contributed by atoms with E-state index in [0.717, 1.165) is 6.42 Å². The fourth-order valence-corrected chi connectivity index (χ4v) is 1.65. The highest BCUT2D eigenvalue weighted by atomic mass is 16.5. The highest BCUT2D eigenvalue weighted by Gasteiger charge is 2.12. The van der Waals surface area contributed by atoms with Gasteiger partial charge in [-0.1, -0.05) is 0 Å². The van der Waals surface area contributed by atoms with E-state index in [1.165, 1.54) is 0 Å². The molecule has 1 aromatic rings. The Bertz CT molecular complexity index is 407. The van der Waals surface area contributed by atoms with Crippen molar-refractivity contribution in [2.24, 2.45) is 0 Å². The van der Waals surface area contributed by atoms with Crippen LogP contribution in [0, 0.1) is 0 Å². The molecule has 0 saturated heterocycles. The van der Waals surface area contributed by atoms with Gasteiger partial charge in [0.15, 0.2) is 0 Å². The molecule has 5 heteroatoms. The monoisotopic (exact) mass is 252 g/mol. The average Bonchev–Trinajstić information content (AvgIpc) is 2.35. The second-order valence-electron chi connectivity index (χ2n) is 4.19. The first-order valence-electron chi connectivity index (χ1n) is 5.93. The summed E-state index contributed by atoms with van der Waals surface area (Å²) in [5, 5.41) is 11.6. The normalized spacial score (nSPS) is 11.9. The Morgan fingerprint density at radius 1 is 1.56 bits per heavy atom. The lowest BCUT2D eigenvalue weighted by molar-refractivity contribution is 0.0937. The minimum Gasteiger partial charge on any atom is -0.497 e. The molecule has 0 saturated carbocycles. The molecule has 1 unspecified atom stereocenters. The van der Waals surface area contributed by atoms with E-state index >= 15 is 0 Å². The molecule has 0 heterocycles. The fourth-order valence-electron chi connectivity index (χ4n) is 1.65. The average molecular weight is 252 g/mol. The maximum Gasteiger partial charge on any atom is 0.253 e. The standard InChI is InChI=1S/C13H20N2O3/c1-9(4-3-7-16)15-13(17)11-6-5-10(18-2)8-12(11)14/h5-6,8-9,16H,3-4,7,14H2,1-2H3,(H,15,17). The summed E-state index contributed by atoms with van der Waals surface area (Å²) in [7, 11) is 1.55. The zero-order valence-electron chi connectivity index (χ0n) is 10.8. The molecule has 1 aromatic carbocycles. The van der Waals surface area contributed by atoms with Gasteiger partial charge in [0.05, 0.1) is 12.7 Å². The lowest BCUT2D eigenvalue weighted by Crippen LogP contribution is -2.33. The molecule has 0 aliphatic heterocycles. The van der Waals surface area contributed by atoms with Crippen LogP contribution in [0.1, 0.15) is 30.1 Å². The Morgan fingerprint density at radius 2 is 2.28 bits per heavy atom. The first kappa shape index (κ1) is 14.3. The van der Waals surface area contributed by atoms with Gasteiger partial charge in [-0.25, -0.2) is 0 Å². The predicted molar refractivity (Wildman–Crippen MR) is 70.7 cm³/mol. The third-order valence-corrected chi connectivity index (χ3v) is 2.68. The van der Waals surface area contributed by atoms with Crippen LogP contribution in [0.15, 0.2) is 18.2 Å². The highest BCUT2D eigenvalue weighted by molar-refractivity contribution is 5.99. The number of anilines is 1. The summed E-state index contributed by atoms with van der Waals surface area (Å²) < 4.78 is 5.02. The van der Waals surface area contributed by atoms with Crippen molar-refractivity contribution in [1.82, 2.24) is 5.32 Å². The summed E-state index contributed by atoms with van der Waals surface area (Å²) in [5.74, 6) is 0.415. The van der Waals surface area contributed by atoms with Crippen molar-refractivity contribution in [2.45, 2.75) is 25.8 Å². The molecule has 5 nitrogen and oxygen atoms in total. The number of ether oxygens (including phenoxy) is 1. The number of nitrogen functional groups attached to an aromatic ring is 1. The first-order valence-corrected chi connectivity index (χ1v) is 5.93. The zero-order valence-corrected chi connectivity index (χ0v) is 10.8. The number of nitrogens with one attached hydrogen (secondary N) is 1. The van der Waals surface area contributed by atoms with Crippen LogP contribution in [-0.4, -0.2) is 30.8 Å². The number of amides is 1. The Labute approximate surface area is 107 Å². The molecular formula is C13H20N2O3. The van der Waals surface area contributed by atoms with Gasteiger partial charge in [0.1, 0.15) is 5.75 Å². The van der Waals surface area contributed by atoms with Crippen LogP contribution in [0.2, 0.25) is 0 Å². The van der Waals surface area contributed by atoms with E-state index in [4.69, 9.17) is 15.6 Å². The van der Waals surface area contributed by atoms with Crippen LogP contribution in [0.25, 0.3) is 0 Å². The lowest BCUT2D eigenvalue weighted by atomic mass is 10.1. The molecule has 0 spiro atoms. The predicted octanol–water partition coefficient (Wildman–Crippen LogP) is 1.17. The van der Waals surface area contributed by atoms with Crippen LogP contribution in [0.4, 0.5) is 5.69 Å². The number of hydrogen-bond acceptors (Lipinski definition) is 4. The van der Waals surface area contributed by atoms with Gasteiger partial charge in [0.2, 0.25) is 0 Å². The molecule has 0 fully saturated rings. The van der Waals surface area contributed by atoms with Crippen molar-refractivity contribution in [3.63, 3.8) is 0 Å². The van der Waals surface area contributed by atoms with Gasteiger partial charge in [0.25, 0.3) is 5.91 Å². The number of carbonyl (C=O) groups is 1. The Kier molecular flexibility index (Phi) is 5.45. The summed E-state index contributed by atoms with van der Waals surface area (Å²) in [4.78, 5) is 11.9. The van der Waals surface area contributed by atoms with Gasteiger partial charge in [-0.05, 0) is 31.9 Å². The van der Waals surface area contributed by atoms with Crippen molar-refractivity contribution in [2.75, 3.05) is 19.5 Å². The molecule has 0 bridgehead atoms. The third-order valence-electron chi connectivity index (χ3n) is 2.68. The van der Waals surface area contributed by atoms with Crippen molar-refractivity contribution >= 4 is 11.6 Å². The largest absolute Gasteiger partial charge is 0.497 e. The molecule has 18 heavy (non-hydrogen) atoms. The molecule has 0 aliphatic carbocycles. The van der Waals surface area contributed by atoms with Crippen LogP contribution in [0.5, 0.6) is 5.75 Å². The van der Waals surface area contributed by atoms with E-state index in [1.807, 2.05) is 6.92 Å². The Morgan fingerprint density at radius 3 is 2.83 bits per heavy atom. The maximum absolute atomic E-state index is 11.9. The van der Waals surface area contributed by atoms with E-state index in [0.29, 0.717) is 23.4 Å². The third kappa shape index (κ3) is 3.92. The fraction of sp³-hybridized carbons (Fsp3) is 0.462. The van der Waals surface area contributed by atoms with Crippen molar-refractivity contribution in [3.8, 4) is 5.75 Å². The number of methoxy groups -OCH3 is 1. The molecule has 0 aliphatic rings. The Hall–Kier alpha value is -1.75. The topological polar surface area (TPSA) is 84.6 Å². The molecule has 1 atom stereocenters. The first-order chi connectivity index (χ1) is 8.58. The number of aliphatic hydroxyl groups is 1. The smallest absolute Gasteiger partial charge is 0.253 e. The second-order valence-corrected chi connectivity index (χ2v) is 4.19. The van der Waals surface area contributed by atoms with E-state index in [-0.39, 0.29) is 18.6 Å². The summed E-state index contributed by atoms with van der Waals surface area (Å²) in [6.45, 7) is 2.03. The minimum atomic E-state index is -0.208. The molecule has 100 valence electrons. The van der Waals surface area contributed by atoms with E-state index in [2.05, 4.69) is 5.32 Å². The van der Waals surface area contributed by atoms with Gasteiger partial charge in [-0.15, -0.1) is 0 Å². The summed E-state index contributed by atoms with van der Waals surface area (Å²) in [5.41, 5.74) is 6.62. The summed E-state index contributed by atoms with van der Waals surface area (Å²) in [6, 6.07) is 4.96. The molecule has 1 rings (SSSR count). The number of benzene rings is 1. The zero-order chi connectivity index (χ0) is 13.5. The lowest BCUT2D eigenvalue weighted by Gasteiger charge is -2.14. The van der Waals surface area contributed by atoms with Crippen molar-refractivity contribution < 1.29 is 14.6 Å². The quantitative estimate of drug-likeness (QED) is 0.663. The second kappa shape index (κ2) is 6.86. The van der Waals surface area contributed by atoms with Gasteiger partial charge < -0.3 is 20.9 Å². The van der Waals surface area contributed by atoms with Gasteiger partial charge in [0, 0.05) is 24.4 Å². The van der Waals surface area contributed by atoms with E-state index in [9.17, 15) is 4.79 Å². The van der Waals surface area contributed by atoms with Crippen LogP contribution >= 0.6 is 0 Å². The maximum atomic E-state index is 11.9. The van der Waals surface area contributed by atoms with Crippen LogP contribution in [-0.2, 0) is 0 Å². The van der Waals surface area contributed by atoms with E-state index in [1.54, 1.807) is 25.3 Å². The van der Waals surface area contributed by atoms with Crippen molar-refractivity contribution in [1.29, 1.82) is 0 Å². The highest BCUT2D eigenvalue weighted by Crippen LogP contribution is 2.19. The number of nitrogens with two attached hydrogens (primary N) is 1. The van der Waals surface area contributed by atoms with Gasteiger partial charge in [-0.3, -0.25) is 4.79 Å². The minimum absolute atomic E-state index is 0.00570. The van der Waals surface area contributed by atoms with Crippen LogP contribution < -0.4 is 15.8 Å². The van der Waals surface area contributed by atoms with Gasteiger partial charge in [-0.2, -0.15) is 0 Å². The molecule has 4 N–H and O–H groups in total. The number of carbonyl (C=O) groups excluding carboxylic acids is 1.